The van der Waals surface area contributed by atoms with E-state index in [1.54, 1.807) is 0 Å². The van der Waals surface area contributed by atoms with Gasteiger partial charge in [0.25, 0.3) is 0 Å². The number of hydrogen-bond acceptors (Lipinski definition) is 6. The molecule has 1 aromatic carbocycles. The van der Waals surface area contributed by atoms with E-state index in [1.165, 1.54) is 11.1 Å². The molecular weight excluding hydrogens is 516 g/mol. The van der Waals surface area contributed by atoms with E-state index in [2.05, 4.69) is 39.8 Å². The van der Waals surface area contributed by atoms with Crippen molar-refractivity contribution < 1.29 is 28.5 Å². The maximum Gasteiger partial charge on any atom is 0.311 e. The molecule has 232 valence electrons. The summed E-state index contributed by atoms with van der Waals surface area (Å²) >= 11 is 0. The maximum atomic E-state index is 12.5. The maximum absolute atomic E-state index is 12.5. The minimum Gasteiger partial charge on any atom is -0.457 e. The lowest BCUT2D eigenvalue weighted by atomic mass is 10.00. The van der Waals surface area contributed by atoms with Crippen LogP contribution in [0.2, 0.25) is 0 Å². The Hall–Kier alpha value is -2.76. The summed E-state index contributed by atoms with van der Waals surface area (Å²) in [6.45, 7) is 16.2. The predicted molar refractivity (Wildman–Crippen MR) is 167 cm³/mol. The first kappa shape index (κ1) is 36.3. The van der Waals surface area contributed by atoms with Crippen molar-refractivity contribution in [1.82, 2.24) is 0 Å². The summed E-state index contributed by atoms with van der Waals surface area (Å²) in [5.74, 6) is 0.518. The number of ether oxygens (including phenoxy) is 4. The van der Waals surface area contributed by atoms with Crippen molar-refractivity contribution in [3.8, 4) is 11.5 Å². The molecule has 0 saturated heterocycles. The van der Waals surface area contributed by atoms with Crippen LogP contribution in [0.15, 0.2) is 35.4 Å². The van der Waals surface area contributed by atoms with E-state index in [0.717, 1.165) is 75.3 Å². The fourth-order valence-electron chi connectivity index (χ4n) is 4.60. The van der Waals surface area contributed by atoms with Crippen molar-refractivity contribution in [2.45, 2.75) is 126 Å². The molecule has 41 heavy (non-hydrogen) atoms. The molecule has 0 aromatic heterocycles. The van der Waals surface area contributed by atoms with E-state index in [4.69, 9.17) is 18.9 Å². The Morgan fingerprint density at radius 2 is 1.27 bits per heavy atom. The van der Waals surface area contributed by atoms with E-state index in [0.29, 0.717) is 17.9 Å². The zero-order valence-electron chi connectivity index (χ0n) is 27.1. The average Bonchev–Trinajstić information content (AvgIpc) is 2.93. The largest absolute Gasteiger partial charge is 0.457 e. The molecule has 0 aliphatic rings. The number of carbonyl (C=O) groups excluding carboxylic acids is 2. The highest BCUT2D eigenvalue weighted by molar-refractivity contribution is 5.72. The van der Waals surface area contributed by atoms with Crippen molar-refractivity contribution in [3.05, 3.63) is 46.6 Å². The Morgan fingerprint density at radius 3 is 1.71 bits per heavy atom. The fraction of sp³-hybridized carbons (Fsp3) is 0.657. The zero-order valence-corrected chi connectivity index (χ0v) is 27.1. The second-order valence-corrected chi connectivity index (χ2v) is 11.1. The van der Waals surface area contributed by atoms with Gasteiger partial charge in [-0.15, -0.1) is 0 Å². The van der Waals surface area contributed by atoms with Gasteiger partial charge in [0.05, 0.1) is 11.8 Å². The van der Waals surface area contributed by atoms with Crippen molar-refractivity contribution in [3.63, 3.8) is 0 Å². The quantitative estimate of drug-likeness (QED) is 0.0633. The standard InChI is InChI=1S/C35H56O6/c1-9-14-15-19-28-22-32(38-24-40-34(36)29(10-2)11-3)31(21-20-27(8)18-16-17-26(6)7)33(23-28)39-25-41-35(37)30(12-4)13-5/h17,20,22-23,29-30H,9-16,18-19,21,24-25H2,1-8H3/b27-20+. The van der Waals surface area contributed by atoms with Gasteiger partial charge >= 0.3 is 11.9 Å². The molecule has 1 aromatic rings. The highest BCUT2D eigenvalue weighted by Gasteiger charge is 2.19. The Balaban J connectivity index is 3.29. The van der Waals surface area contributed by atoms with Crippen LogP contribution >= 0.6 is 0 Å². The molecule has 0 aliphatic heterocycles. The molecule has 0 fully saturated rings. The summed E-state index contributed by atoms with van der Waals surface area (Å²) in [6.07, 6.45) is 14.1. The van der Waals surface area contributed by atoms with Crippen LogP contribution in [-0.2, 0) is 31.9 Å². The second kappa shape index (κ2) is 21.0. The summed E-state index contributed by atoms with van der Waals surface area (Å²) in [5.41, 5.74) is 4.51. The molecule has 0 atom stereocenters. The molecule has 0 unspecified atom stereocenters. The third kappa shape index (κ3) is 14.1. The molecule has 6 heteroatoms. The van der Waals surface area contributed by atoms with Gasteiger partial charge in [0.1, 0.15) is 11.5 Å². The van der Waals surface area contributed by atoms with Gasteiger partial charge < -0.3 is 18.9 Å². The number of esters is 2. The number of allylic oxidation sites excluding steroid dienone is 4. The summed E-state index contributed by atoms with van der Waals surface area (Å²) in [7, 11) is 0. The molecule has 0 amide bonds. The average molecular weight is 573 g/mol. The van der Waals surface area contributed by atoms with Crippen LogP contribution in [0.3, 0.4) is 0 Å². The van der Waals surface area contributed by atoms with Crippen LogP contribution in [0.1, 0.15) is 124 Å². The summed E-state index contributed by atoms with van der Waals surface area (Å²) in [5, 5.41) is 0. The van der Waals surface area contributed by atoms with Gasteiger partial charge in [-0.2, -0.15) is 0 Å². The smallest absolute Gasteiger partial charge is 0.311 e. The summed E-state index contributed by atoms with van der Waals surface area (Å²) in [6, 6.07) is 4.07. The summed E-state index contributed by atoms with van der Waals surface area (Å²) in [4.78, 5) is 24.9. The van der Waals surface area contributed by atoms with E-state index in [-0.39, 0.29) is 37.4 Å². The van der Waals surface area contributed by atoms with Crippen LogP contribution in [0.4, 0.5) is 0 Å². The molecule has 0 heterocycles. The molecule has 0 N–H and O–H groups in total. The van der Waals surface area contributed by atoms with Crippen molar-refractivity contribution in [2.75, 3.05) is 13.6 Å². The minimum atomic E-state index is -0.240. The number of unbranched alkanes of at least 4 members (excludes halogenated alkanes) is 2. The van der Waals surface area contributed by atoms with Gasteiger partial charge in [-0.25, -0.2) is 0 Å². The minimum absolute atomic E-state index is 0.131. The van der Waals surface area contributed by atoms with E-state index < -0.39 is 0 Å². The molecule has 1 rings (SSSR count). The van der Waals surface area contributed by atoms with Gasteiger partial charge in [0.2, 0.25) is 13.6 Å². The highest BCUT2D eigenvalue weighted by Crippen LogP contribution is 2.33. The first-order valence-corrected chi connectivity index (χ1v) is 15.7. The Morgan fingerprint density at radius 1 is 0.756 bits per heavy atom. The van der Waals surface area contributed by atoms with E-state index >= 15 is 0 Å². The molecule has 0 bridgehead atoms. The van der Waals surface area contributed by atoms with Gasteiger partial charge in [0, 0.05) is 5.56 Å². The monoisotopic (exact) mass is 572 g/mol. The molecule has 6 nitrogen and oxygen atoms in total. The van der Waals surface area contributed by atoms with Crippen molar-refractivity contribution in [2.24, 2.45) is 11.8 Å². The number of aryl methyl sites for hydroxylation is 1. The highest BCUT2D eigenvalue weighted by atomic mass is 16.7. The second-order valence-electron chi connectivity index (χ2n) is 11.1. The van der Waals surface area contributed by atoms with Crippen LogP contribution in [0.25, 0.3) is 0 Å². The normalized spacial score (nSPS) is 11.5. The lowest BCUT2D eigenvalue weighted by molar-refractivity contribution is -0.156. The van der Waals surface area contributed by atoms with Crippen LogP contribution in [0.5, 0.6) is 11.5 Å². The lowest BCUT2D eigenvalue weighted by Gasteiger charge is -2.19. The third-order valence-corrected chi connectivity index (χ3v) is 7.51. The van der Waals surface area contributed by atoms with Crippen molar-refractivity contribution >= 4 is 11.9 Å². The van der Waals surface area contributed by atoms with E-state index in [1.807, 2.05) is 39.8 Å². The van der Waals surface area contributed by atoms with Crippen LogP contribution in [0, 0.1) is 11.8 Å². The van der Waals surface area contributed by atoms with Gasteiger partial charge in [-0.05, 0) is 96.3 Å². The Kier molecular flexibility index (Phi) is 18.6. The Labute approximate surface area is 249 Å². The van der Waals surface area contributed by atoms with Crippen LogP contribution in [-0.4, -0.2) is 25.5 Å². The van der Waals surface area contributed by atoms with Crippen LogP contribution < -0.4 is 9.47 Å². The SMILES string of the molecule is CCCCCc1cc(OCOC(=O)C(CC)CC)c(C/C=C(\C)CCC=C(C)C)c(OCOC(=O)C(CC)CC)c1. The fourth-order valence-corrected chi connectivity index (χ4v) is 4.60. The van der Waals surface area contributed by atoms with Gasteiger partial charge in [-0.1, -0.05) is 70.8 Å². The van der Waals surface area contributed by atoms with E-state index in [9.17, 15) is 9.59 Å². The first-order valence-electron chi connectivity index (χ1n) is 15.7. The van der Waals surface area contributed by atoms with Gasteiger partial charge in [-0.3, -0.25) is 9.59 Å². The predicted octanol–water partition coefficient (Wildman–Crippen LogP) is 9.29. The molecule has 0 radical (unpaired) electrons. The zero-order chi connectivity index (χ0) is 30.6. The number of hydrogen-bond donors (Lipinski definition) is 0. The van der Waals surface area contributed by atoms with Gasteiger partial charge in [0.15, 0.2) is 0 Å². The van der Waals surface area contributed by atoms with Crippen molar-refractivity contribution in [1.29, 1.82) is 0 Å². The number of rotatable bonds is 21. The number of carbonyl (C=O) groups is 2. The topological polar surface area (TPSA) is 71.1 Å². The molecular formula is C35H56O6. The summed E-state index contributed by atoms with van der Waals surface area (Å²) < 4.78 is 23.2. The Bertz CT molecular complexity index is 914. The molecule has 0 saturated carbocycles. The number of benzene rings is 1. The molecule has 0 spiro atoms. The first-order chi connectivity index (χ1) is 19.7. The third-order valence-electron chi connectivity index (χ3n) is 7.51. The molecule has 0 aliphatic carbocycles. The lowest BCUT2D eigenvalue weighted by Crippen LogP contribution is -2.20.